The van der Waals surface area contributed by atoms with Crippen molar-refractivity contribution in [2.24, 2.45) is 11.3 Å². The lowest BCUT2D eigenvalue weighted by atomic mass is 9.66. The number of allylic oxidation sites excluding steroid dienone is 1. The van der Waals surface area contributed by atoms with Gasteiger partial charge in [0.2, 0.25) is 0 Å². The minimum absolute atomic E-state index is 0.0980. The Balaban J connectivity index is 2.36. The predicted octanol–water partition coefficient (Wildman–Crippen LogP) is 4.07. The molecule has 102 valence electrons. The van der Waals surface area contributed by atoms with Crippen LogP contribution in [0.25, 0.3) is 0 Å². The number of carbonyl (C=O) groups is 1. The number of halogens is 1. The Morgan fingerprint density at radius 3 is 2.67 bits per heavy atom. The van der Waals surface area contributed by atoms with Crippen molar-refractivity contribution in [3.05, 3.63) is 11.1 Å². The first-order valence-electron chi connectivity index (χ1n) is 6.86. The molecule has 0 aromatic carbocycles. The van der Waals surface area contributed by atoms with Crippen molar-refractivity contribution in [2.45, 2.75) is 64.9 Å². The Hall–Kier alpha value is -0.500. The zero-order valence-corrected chi connectivity index (χ0v) is 12.5. The third kappa shape index (κ3) is 2.45. The van der Waals surface area contributed by atoms with Gasteiger partial charge in [0.15, 0.2) is 0 Å². The molecular weight excluding hydrogens is 248 g/mol. The molecule has 0 amide bonds. The van der Waals surface area contributed by atoms with Crippen molar-refractivity contribution < 1.29 is 9.53 Å². The summed E-state index contributed by atoms with van der Waals surface area (Å²) in [5.74, 6) is 0.0828. The van der Waals surface area contributed by atoms with Gasteiger partial charge in [0.1, 0.15) is 6.10 Å². The van der Waals surface area contributed by atoms with Crippen LogP contribution >= 0.6 is 11.6 Å². The van der Waals surface area contributed by atoms with Gasteiger partial charge in [-0.25, -0.2) is 0 Å². The van der Waals surface area contributed by atoms with E-state index in [1.165, 1.54) is 24.0 Å². The van der Waals surface area contributed by atoms with E-state index in [1.807, 2.05) is 6.92 Å². The van der Waals surface area contributed by atoms with Crippen LogP contribution in [0, 0.1) is 11.3 Å². The van der Waals surface area contributed by atoms with E-state index in [1.54, 1.807) is 0 Å². The zero-order valence-electron chi connectivity index (χ0n) is 11.8. The first-order valence-corrected chi connectivity index (χ1v) is 7.30. The minimum atomic E-state index is -0.151. The van der Waals surface area contributed by atoms with Gasteiger partial charge in [0, 0.05) is 5.92 Å². The molecule has 18 heavy (non-hydrogen) atoms. The Labute approximate surface area is 115 Å². The summed E-state index contributed by atoms with van der Waals surface area (Å²) >= 11 is 6.20. The van der Waals surface area contributed by atoms with Gasteiger partial charge in [-0.15, -0.1) is 11.6 Å². The number of carbonyl (C=O) groups excluding carboxylic acids is 1. The molecule has 0 bridgehead atoms. The number of cyclic esters (lactones) is 1. The van der Waals surface area contributed by atoms with Crippen LogP contribution in [0.4, 0.5) is 0 Å². The molecule has 0 N–H and O–H groups in total. The van der Waals surface area contributed by atoms with Crippen LogP contribution in [-0.2, 0) is 9.53 Å². The SMILES string of the molecule is CC1=C(C2CC(=O)OC2C(C)Cl)C(C)(C)CCC1. The van der Waals surface area contributed by atoms with E-state index in [0.29, 0.717) is 6.42 Å². The van der Waals surface area contributed by atoms with Gasteiger partial charge in [-0.1, -0.05) is 25.0 Å². The topological polar surface area (TPSA) is 26.3 Å². The molecule has 1 heterocycles. The summed E-state index contributed by atoms with van der Waals surface area (Å²) in [6, 6.07) is 0. The molecule has 0 saturated carbocycles. The molecule has 1 aliphatic carbocycles. The van der Waals surface area contributed by atoms with Crippen molar-refractivity contribution >= 4 is 17.6 Å². The molecule has 2 aliphatic rings. The minimum Gasteiger partial charge on any atom is -0.460 e. The van der Waals surface area contributed by atoms with Crippen LogP contribution in [0.3, 0.4) is 0 Å². The average molecular weight is 271 g/mol. The van der Waals surface area contributed by atoms with Crippen LogP contribution in [0.15, 0.2) is 11.1 Å². The van der Waals surface area contributed by atoms with Gasteiger partial charge in [-0.05, 0) is 38.5 Å². The fraction of sp³-hybridized carbons (Fsp3) is 0.800. The number of alkyl halides is 1. The second kappa shape index (κ2) is 4.88. The monoisotopic (exact) mass is 270 g/mol. The average Bonchev–Trinajstić information content (AvgIpc) is 2.58. The van der Waals surface area contributed by atoms with Crippen LogP contribution < -0.4 is 0 Å². The molecule has 0 spiro atoms. The molecule has 3 atom stereocenters. The van der Waals surface area contributed by atoms with E-state index >= 15 is 0 Å². The first kappa shape index (κ1) is 13.9. The van der Waals surface area contributed by atoms with E-state index < -0.39 is 0 Å². The van der Waals surface area contributed by atoms with E-state index in [4.69, 9.17) is 16.3 Å². The number of hydrogen-bond donors (Lipinski definition) is 0. The van der Waals surface area contributed by atoms with Crippen molar-refractivity contribution in [2.75, 3.05) is 0 Å². The molecule has 0 aromatic heterocycles. The van der Waals surface area contributed by atoms with Crippen LogP contribution in [-0.4, -0.2) is 17.5 Å². The highest BCUT2D eigenvalue weighted by Crippen LogP contribution is 2.48. The van der Waals surface area contributed by atoms with Gasteiger partial charge in [0.25, 0.3) is 0 Å². The Bertz CT molecular complexity index is 382. The number of esters is 1. The summed E-state index contributed by atoms with van der Waals surface area (Å²) < 4.78 is 5.43. The molecule has 0 aromatic rings. The molecule has 2 rings (SSSR count). The molecule has 3 heteroatoms. The second-order valence-corrected chi connectivity index (χ2v) is 7.06. The van der Waals surface area contributed by atoms with Crippen LogP contribution in [0.5, 0.6) is 0 Å². The van der Waals surface area contributed by atoms with Crippen LogP contribution in [0.1, 0.15) is 53.4 Å². The summed E-state index contributed by atoms with van der Waals surface area (Å²) in [6.07, 6.45) is 3.92. The molecule has 1 aliphatic heterocycles. The summed E-state index contributed by atoms with van der Waals surface area (Å²) in [5, 5.41) is -0.125. The lowest BCUT2D eigenvalue weighted by molar-refractivity contribution is -0.141. The fourth-order valence-corrected chi connectivity index (χ4v) is 3.95. The maximum Gasteiger partial charge on any atom is 0.306 e. The third-order valence-electron chi connectivity index (χ3n) is 4.42. The van der Waals surface area contributed by atoms with Gasteiger partial charge in [-0.3, -0.25) is 4.79 Å². The highest BCUT2D eigenvalue weighted by molar-refractivity contribution is 6.21. The summed E-state index contributed by atoms with van der Waals surface area (Å²) in [6.45, 7) is 8.69. The van der Waals surface area contributed by atoms with Crippen molar-refractivity contribution in [1.82, 2.24) is 0 Å². The maximum atomic E-state index is 11.6. The van der Waals surface area contributed by atoms with Crippen molar-refractivity contribution in [3.63, 3.8) is 0 Å². The largest absolute Gasteiger partial charge is 0.460 e. The standard InChI is InChI=1S/C15H23ClO2/c1-9-6-5-7-15(3,4)13(9)11-8-12(17)18-14(11)10(2)16/h10-11,14H,5-8H2,1-4H3. The van der Waals surface area contributed by atoms with Crippen LogP contribution in [0.2, 0.25) is 0 Å². The van der Waals surface area contributed by atoms with E-state index in [2.05, 4.69) is 20.8 Å². The number of ether oxygens (including phenoxy) is 1. The van der Waals surface area contributed by atoms with Gasteiger partial charge >= 0.3 is 5.97 Å². The Morgan fingerprint density at radius 2 is 2.11 bits per heavy atom. The second-order valence-electron chi connectivity index (χ2n) is 6.37. The van der Waals surface area contributed by atoms with Crippen molar-refractivity contribution in [1.29, 1.82) is 0 Å². The van der Waals surface area contributed by atoms with Gasteiger partial charge in [0.05, 0.1) is 11.8 Å². The predicted molar refractivity (Wildman–Crippen MR) is 73.6 cm³/mol. The van der Waals surface area contributed by atoms with E-state index in [-0.39, 0.29) is 28.8 Å². The summed E-state index contributed by atoms with van der Waals surface area (Å²) in [5.41, 5.74) is 3.04. The quantitative estimate of drug-likeness (QED) is 0.429. The smallest absolute Gasteiger partial charge is 0.306 e. The number of rotatable bonds is 2. The van der Waals surface area contributed by atoms with Gasteiger partial charge in [-0.2, -0.15) is 0 Å². The highest BCUT2D eigenvalue weighted by Gasteiger charge is 2.45. The van der Waals surface area contributed by atoms with Crippen molar-refractivity contribution in [3.8, 4) is 0 Å². The summed E-state index contributed by atoms with van der Waals surface area (Å²) in [7, 11) is 0. The third-order valence-corrected chi connectivity index (χ3v) is 4.66. The molecule has 2 nitrogen and oxygen atoms in total. The fourth-order valence-electron chi connectivity index (χ4n) is 3.72. The number of hydrogen-bond acceptors (Lipinski definition) is 2. The Morgan fingerprint density at radius 1 is 1.44 bits per heavy atom. The van der Waals surface area contributed by atoms with E-state index in [0.717, 1.165) is 6.42 Å². The summed E-state index contributed by atoms with van der Waals surface area (Å²) in [4.78, 5) is 11.6. The zero-order chi connectivity index (χ0) is 13.5. The molecule has 0 radical (unpaired) electrons. The highest BCUT2D eigenvalue weighted by atomic mass is 35.5. The maximum absolute atomic E-state index is 11.6. The lowest BCUT2D eigenvalue weighted by Gasteiger charge is -2.39. The van der Waals surface area contributed by atoms with E-state index in [9.17, 15) is 4.79 Å². The first-order chi connectivity index (χ1) is 8.33. The molecule has 3 unspecified atom stereocenters. The molecule has 1 fully saturated rings. The molecule has 1 saturated heterocycles. The van der Waals surface area contributed by atoms with Gasteiger partial charge < -0.3 is 4.74 Å². The lowest BCUT2D eigenvalue weighted by Crippen LogP contribution is -2.33. The normalized spacial score (nSPS) is 33.5. The molecular formula is C15H23ClO2. The Kier molecular flexibility index (Phi) is 3.77.